The Kier molecular flexibility index (Phi) is 9.00. The Morgan fingerprint density at radius 1 is 0.581 bits per heavy atom. The second-order valence-electron chi connectivity index (χ2n) is 10.2. The highest BCUT2D eigenvalue weighted by Gasteiger charge is 2.28. The van der Waals surface area contributed by atoms with Crippen molar-refractivity contribution in [1.82, 2.24) is 0 Å². The quantitative estimate of drug-likeness (QED) is 0.354. The van der Waals surface area contributed by atoms with Gasteiger partial charge in [0.05, 0.1) is 23.4 Å². The summed E-state index contributed by atoms with van der Waals surface area (Å²) in [5.41, 5.74) is 2.25. The van der Waals surface area contributed by atoms with Gasteiger partial charge in [-0.2, -0.15) is 0 Å². The van der Waals surface area contributed by atoms with Gasteiger partial charge in [-0.05, 0) is 116 Å². The van der Waals surface area contributed by atoms with Crippen LogP contribution in [0.15, 0.2) is 48.5 Å². The summed E-state index contributed by atoms with van der Waals surface area (Å²) in [7, 11) is 0. The molecule has 3 heteroatoms. The second kappa shape index (κ2) is 11.0. The van der Waals surface area contributed by atoms with Gasteiger partial charge in [0.2, 0.25) is 0 Å². The molecule has 0 fully saturated rings. The maximum atomic E-state index is 6.57. The van der Waals surface area contributed by atoms with Gasteiger partial charge >= 0.3 is 0 Å². The molecule has 2 aromatic rings. The summed E-state index contributed by atoms with van der Waals surface area (Å²) in [5, 5.41) is 0. The van der Waals surface area contributed by atoms with Crippen molar-refractivity contribution in [2.45, 2.75) is 104 Å². The summed E-state index contributed by atoms with van der Waals surface area (Å²) in [6.45, 7) is 17.0. The van der Waals surface area contributed by atoms with Crippen molar-refractivity contribution in [2.75, 3.05) is 0 Å². The van der Waals surface area contributed by atoms with Gasteiger partial charge < -0.3 is 14.2 Å². The van der Waals surface area contributed by atoms with Gasteiger partial charge in [0.25, 0.3) is 0 Å². The first-order valence-electron chi connectivity index (χ1n) is 11.7. The van der Waals surface area contributed by atoms with E-state index in [2.05, 4.69) is 76.2 Å². The zero-order valence-electron chi connectivity index (χ0n) is 20.8. The molecule has 2 aromatic carbocycles. The molecule has 0 atom stereocenters. The minimum atomic E-state index is -0.189. The van der Waals surface area contributed by atoms with E-state index in [1.165, 1.54) is 11.1 Å². The summed E-state index contributed by atoms with van der Waals surface area (Å²) >= 11 is 0. The van der Waals surface area contributed by atoms with Crippen molar-refractivity contribution in [1.29, 1.82) is 0 Å². The molecule has 3 nitrogen and oxygen atoms in total. The number of benzene rings is 2. The Morgan fingerprint density at radius 2 is 0.903 bits per heavy atom. The zero-order valence-corrected chi connectivity index (χ0v) is 20.8. The SMILES string of the molecule is CC(C)Oc1ccc(CCC(C)(C)OC(C)(C)CCc2ccc(OC(C)C)cc2)cc1. The van der Waals surface area contributed by atoms with Gasteiger partial charge in [0, 0.05) is 0 Å². The average Bonchev–Trinajstić information content (AvgIpc) is 2.65. The number of aryl methyl sites for hydroxylation is 2. The minimum absolute atomic E-state index is 0.189. The highest BCUT2D eigenvalue weighted by molar-refractivity contribution is 5.28. The van der Waals surface area contributed by atoms with E-state index in [1.54, 1.807) is 0 Å². The summed E-state index contributed by atoms with van der Waals surface area (Å²) in [6.07, 6.45) is 4.33. The predicted octanol–water partition coefficient (Wildman–Crippen LogP) is 7.40. The van der Waals surface area contributed by atoms with Gasteiger partial charge in [-0.15, -0.1) is 0 Å². The van der Waals surface area contributed by atoms with Gasteiger partial charge in [-0.25, -0.2) is 0 Å². The number of hydrogen-bond donors (Lipinski definition) is 0. The average molecular weight is 427 g/mol. The standard InChI is InChI=1S/C28H42O3/c1-21(2)29-25-13-9-23(10-14-25)17-19-27(5,6)31-28(7,8)20-18-24-11-15-26(16-12-24)30-22(3)4/h9-16,21-22H,17-20H2,1-8H3. The highest BCUT2D eigenvalue weighted by atomic mass is 16.5. The van der Waals surface area contributed by atoms with Crippen LogP contribution in [0.3, 0.4) is 0 Å². The lowest BCUT2D eigenvalue weighted by Gasteiger charge is -2.36. The molecule has 0 aliphatic rings. The van der Waals surface area contributed by atoms with E-state index in [0.717, 1.165) is 37.2 Å². The summed E-state index contributed by atoms with van der Waals surface area (Å²) in [4.78, 5) is 0. The van der Waals surface area contributed by atoms with E-state index >= 15 is 0 Å². The molecule has 0 saturated carbocycles. The second-order valence-corrected chi connectivity index (χ2v) is 10.2. The third-order valence-corrected chi connectivity index (χ3v) is 5.17. The molecule has 0 amide bonds. The Balaban J connectivity index is 1.83. The molecule has 31 heavy (non-hydrogen) atoms. The molecule has 0 spiro atoms. The fourth-order valence-electron chi connectivity index (χ4n) is 3.75. The minimum Gasteiger partial charge on any atom is -0.491 e. The van der Waals surface area contributed by atoms with Crippen LogP contribution in [0.1, 0.15) is 79.4 Å². The third-order valence-electron chi connectivity index (χ3n) is 5.17. The molecule has 0 aliphatic carbocycles. The van der Waals surface area contributed by atoms with E-state index in [9.17, 15) is 0 Å². The lowest BCUT2D eigenvalue weighted by Crippen LogP contribution is -2.37. The maximum Gasteiger partial charge on any atom is 0.119 e. The fraction of sp³-hybridized carbons (Fsp3) is 0.571. The molecule has 0 radical (unpaired) electrons. The summed E-state index contributed by atoms with van der Waals surface area (Å²) < 4.78 is 18.0. The Morgan fingerprint density at radius 3 is 1.19 bits per heavy atom. The first-order chi connectivity index (χ1) is 14.4. The molecule has 172 valence electrons. The number of ether oxygens (including phenoxy) is 3. The van der Waals surface area contributed by atoms with E-state index in [1.807, 2.05) is 27.7 Å². The van der Waals surface area contributed by atoms with E-state index in [4.69, 9.17) is 14.2 Å². The van der Waals surface area contributed by atoms with Crippen LogP contribution in [0.25, 0.3) is 0 Å². The molecular formula is C28H42O3. The van der Waals surface area contributed by atoms with Crippen LogP contribution in [0.4, 0.5) is 0 Å². The molecular weight excluding hydrogens is 384 g/mol. The topological polar surface area (TPSA) is 27.7 Å². The molecule has 0 heterocycles. The third kappa shape index (κ3) is 9.78. The summed E-state index contributed by atoms with van der Waals surface area (Å²) in [6, 6.07) is 16.9. The Labute approximate surface area is 190 Å². The first-order valence-corrected chi connectivity index (χ1v) is 11.7. The van der Waals surface area contributed by atoms with E-state index in [-0.39, 0.29) is 23.4 Å². The van der Waals surface area contributed by atoms with Gasteiger partial charge in [-0.3, -0.25) is 0 Å². The maximum absolute atomic E-state index is 6.57. The van der Waals surface area contributed by atoms with E-state index in [0.29, 0.717) is 0 Å². The normalized spacial score (nSPS) is 12.5. The van der Waals surface area contributed by atoms with Crippen LogP contribution < -0.4 is 9.47 Å². The van der Waals surface area contributed by atoms with Crippen molar-refractivity contribution in [3.05, 3.63) is 59.7 Å². The molecule has 0 saturated heterocycles. The molecule has 0 unspecified atom stereocenters. The Bertz CT molecular complexity index is 703. The largest absolute Gasteiger partial charge is 0.491 e. The van der Waals surface area contributed by atoms with Crippen LogP contribution in [0.2, 0.25) is 0 Å². The molecule has 0 bridgehead atoms. The molecule has 0 aromatic heterocycles. The van der Waals surface area contributed by atoms with Crippen molar-refractivity contribution < 1.29 is 14.2 Å². The monoisotopic (exact) mass is 426 g/mol. The van der Waals surface area contributed by atoms with Crippen LogP contribution in [-0.2, 0) is 17.6 Å². The first kappa shape index (κ1) is 25.3. The summed E-state index contributed by atoms with van der Waals surface area (Å²) in [5.74, 6) is 1.86. The van der Waals surface area contributed by atoms with Crippen molar-refractivity contribution >= 4 is 0 Å². The number of rotatable bonds is 12. The highest BCUT2D eigenvalue weighted by Crippen LogP contribution is 2.29. The van der Waals surface area contributed by atoms with Crippen molar-refractivity contribution in [3.63, 3.8) is 0 Å². The smallest absolute Gasteiger partial charge is 0.119 e. The van der Waals surface area contributed by atoms with Gasteiger partial charge in [0.15, 0.2) is 0 Å². The van der Waals surface area contributed by atoms with Crippen molar-refractivity contribution in [2.24, 2.45) is 0 Å². The number of hydrogen-bond acceptors (Lipinski definition) is 3. The molecule has 2 rings (SSSR count). The lowest BCUT2D eigenvalue weighted by atomic mass is 9.94. The molecule has 0 N–H and O–H groups in total. The van der Waals surface area contributed by atoms with Crippen LogP contribution in [0.5, 0.6) is 11.5 Å². The van der Waals surface area contributed by atoms with Crippen LogP contribution in [-0.4, -0.2) is 23.4 Å². The zero-order chi connectivity index (χ0) is 23.1. The lowest BCUT2D eigenvalue weighted by molar-refractivity contribution is -0.128. The predicted molar refractivity (Wildman–Crippen MR) is 130 cm³/mol. The van der Waals surface area contributed by atoms with Crippen molar-refractivity contribution in [3.8, 4) is 11.5 Å². The van der Waals surface area contributed by atoms with Gasteiger partial charge in [-0.1, -0.05) is 24.3 Å². The van der Waals surface area contributed by atoms with Crippen LogP contribution >= 0.6 is 0 Å². The fourth-order valence-corrected chi connectivity index (χ4v) is 3.75. The van der Waals surface area contributed by atoms with Crippen LogP contribution in [0, 0.1) is 0 Å². The molecule has 0 aliphatic heterocycles. The Hall–Kier alpha value is -2.00. The van der Waals surface area contributed by atoms with E-state index < -0.39 is 0 Å². The van der Waals surface area contributed by atoms with Gasteiger partial charge in [0.1, 0.15) is 11.5 Å².